The Hall–Kier alpha value is -3.15. The SMILES string of the molecule is COc1cc(O)c(-c2cc3cc(C(=O)O)ccc3o2)c(OC)c1. The molecule has 0 atom stereocenters. The van der Waals surface area contributed by atoms with Gasteiger partial charge in [0.15, 0.2) is 0 Å². The van der Waals surface area contributed by atoms with Crippen LogP contribution in [0.4, 0.5) is 0 Å². The molecule has 0 fully saturated rings. The molecule has 118 valence electrons. The Balaban J connectivity index is 2.18. The largest absolute Gasteiger partial charge is 0.507 e. The molecule has 0 bridgehead atoms. The molecule has 0 amide bonds. The van der Waals surface area contributed by atoms with Crippen molar-refractivity contribution in [2.24, 2.45) is 0 Å². The lowest BCUT2D eigenvalue weighted by molar-refractivity contribution is 0.0697. The third kappa shape index (κ3) is 2.55. The van der Waals surface area contributed by atoms with E-state index in [1.807, 2.05) is 0 Å². The van der Waals surface area contributed by atoms with Crippen LogP contribution in [0.3, 0.4) is 0 Å². The number of aromatic hydroxyl groups is 1. The molecule has 2 aromatic carbocycles. The van der Waals surface area contributed by atoms with Crippen LogP contribution in [0.25, 0.3) is 22.3 Å². The van der Waals surface area contributed by atoms with Crippen molar-refractivity contribution < 1.29 is 28.9 Å². The Morgan fingerprint density at radius 3 is 2.52 bits per heavy atom. The molecule has 6 heteroatoms. The van der Waals surface area contributed by atoms with E-state index < -0.39 is 5.97 Å². The lowest BCUT2D eigenvalue weighted by Gasteiger charge is -2.10. The number of phenols is 1. The van der Waals surface area contributed by atoms with Gasteiger partial charge in [-0.3, -0.25) is 0 Å². The summed E-state index contributed by atoms with van der Waals surface area (Å²) in [5.41, 5.74) is 1.06. The number of hydrogen-bond acceptors (Lipinski definition) is 5. The van der Waals surface area contributed by atoms with E-state index in [1.54, 1.807) is 18.2 Å². The minimum Gasteiger partial charge on any atom is -0.507 e. The van der Waals surface area contributed by atoms with Crippen LogP contribution >= 0.6 is 0 Å². The fourth-order valence-electron chi connectivity index (χ4n) is 2.40. The fraction of sp³-hybridized carbons (Fsp3) is 0.118. The number of aromatic carboxylic acids is 1. The number of ether oxygens (including phenoxy) is 2. The Kier molecular flexibility index (Phi) is 3.57. The summed E-state index contributed by atoms with van der Waals surface area (Å²) in [5, 5.41) is 19.9. The number of benzene rings is 2. The average Bonchev–Trinajstić information content (AvgIpc) is 2.95. The fourth-order valence-corrected chi connectivity index (χ4v) is 2.40. The second-order valence-corrected chi connectivity index (χ2v) is 4.89. The molecule has 1 heterocycles. The zero-order chi connectivity index (χ0) is 16.6. The Bertz CT molecular complexity index is 893. The third-order valence-electron chi connectivity index (χ3n) is 3.52. The first-order valence-electron chi connectivity index (χ1n) is 6.75. The monoisotopic (exact) mass is 314 g/mol. The van der Waals surface area contributed by atoms with Gasteiger partial charge in [0.1, 0.15) is 34.2 Å². The lowest BCUT2D eigenvalue weighted by atomic mass is 10.1. The third-order valence-corrected chi connectivity index (χ3v) is 3.52. The molecule has 6 nitrogen and oxygen atoms in total. The van der Waals surface area contributed by atoms with Gasteiger partial charge < -0.3 is 24.1 Å². The number of carbonyl (C=O) groups is 1. The van der Waals surface area contributed by atoms with Crippen LogP contribution < -0.4 is 9.47 Å². The first-order valence-corrected chi connectivity index (χ1v) is 6.75. The molecule has 2 N–H and O–H groups in total. The number of hydrogen-bond donors (Lipinski definition) is 2. The Morgan fingerprint density at radius 1 is 1.09 bits per heavy atom. The van der Waals surface area contributed by atoms with Crippen molar-refractivity contribution in [1.29, 1.82) is 0 Å². The lowest BCUT2D eigenvalue weighted by Crippen LogP contribution is -1.94. The number of carboxylic acids is 1. The van der Waals surface area contributed by atoms with Gasteiger partial charge in [0, 0.05) is 17.5 Å². The standard InChI is InChI=1S/C17H14O6/c1-21-11-7-12(18)16(14(8-11)22-2)15-6-10-5-9(17(19)20)3-4-13(10)23-15/h3-8,18H,1-2H3,(H,19,20). The molecule has 0 unspecified atom stereocenters. The summed E-state index contributed by atoms with van der Waals surface area (Å²) in [4.78, 5) is 11.0. The molecule has 3 rings (SSSR count). The molecule has 0 saturated carbocycles. The summed E-state index contributed by atoms with van der Waals surface area (Å²) in [5.74, 6) is 0.143. The highest BCUT2D eigenvalue weighted by molar-refractivity contribution is 5.94. The van der Waals surface area contributed by atoms with Crippen LogP contribution in [0.2, 0.25) is 0 Å². The summed E-state index contributed by atoms with van der Waals surface area (Å²) >= 11 is 0. The maximum Gasteiger partial charge on any atom is 0.335 e. The minimum absolute atomic E-state index is 0.0567. The molecular formula is C17H14O6. The van der Waals surface area contributed by atoms with Crippen LogP contribution in [0.5, 0.6) is 17.2 Å². The maximum absolute atomic E-state index is 11.0. The Morgan fingerprint density at radius 2 is 1.87 bits per heavy atom. The number of fused-ring (bicyclic) bond motifs is 1. The van der Waals surface area contributed by atoms with Crippen molar-refractivity contribution in [3.05, 3.63) is 42.0 Å². The highest BCUT2D eigenvalue weighted by Crippen LogP contribution is 2.43. The van der Waals surface area contributed by atoms with Gasteiger partial charge in [-0.25, -0.2) is 4.79 Å². The summed E-state index contributed by atoms with van der Waals surface area (Å²) in [7, 11) is 2.96. The van der Waals surface area contributed by atoms with Gasteiger partial charge in [-0.1, -0.05) is 0 Å². The molecule has 0 aliphatic heterocycles. The number of rotatable bonds is 4. The maximum atomic E-state index is 11.0. The number of carboxylic acid groups (broad SMARTS) is 1. The molecular weight excluding hydrogens is 300 g/mol. The molecule has 0 saturated heterocycles. The van der Waals surface area contributed by atoms with Crippen LogP contribution in [0.15, 0.2) is 40.8 Å². The van der Waals surface area contributed by atoms with Crippen molar-refractivity contribution in [2.75, 3.05) is 14.2 Å². The molecule has 0 radical (unpaired) electrons. The highest BCUT2D eigenvalue weighted by Gasteiger charge is 2.18. The average molecular weight is 314 g/mol. The number of methoxy groups -OCH3 is 2. The van der Waals surface area contributed by atoms with Gasteiger partial charge >= 0.3 is 5.97 Å². The summed E-state index contributed by atoms with van der Waals surface area (Å²) in [6.45, 7) is 0. The van der Waals surface area contributed by atoms with E-state index in [0.29, 0.717) is 33.8 Å². The van der Waals surface area contributed by atoms with Crippen LogP contribution in [-0.2, 0) is 0 Å². The summed E-state index contributed by atoms with van der Waals surface area (Å²) < 4.78 is 16.1. The molecule has 0 aliphatic carbocycles. The van der Waals surface area contributed by atoms with Gasteiger partial charge in [-0.05, 0) is 24.3 Å². The van der Waals surface area contributed by atoms with Crippen molar-refractivity contribution in [2.45, 2.75) is 0 Å². The first kappa shape index (κ1) is 14.8. The van der Waals surface area contributed by atoms with E-state index in [0.717, 1.165) is 0 Å². The number of phenolic OH excluding ortho intramolecular Hbond substituents is 1. The Labute approximate surface area is 131 Å². The van der Waals surface area contributed by atoms with Crippen molar-refractivity contribution in [1.82, 2.24) is 0 Å². The second-order valence-electron chi connectivity index (χ2n) is 4.89. The zero-order valence-electron chi connectivity index (χ0n) is 12.5. The second kappa shape index (κ2) is 5.57. The predicted octanol–water partition coefficient (Wildman–Crippen LogP) is 3.52. The van der Waals surface area contributed by atoms with Crippen molar-refractivity contribution >= 4 is 16.9 Å². The van der Waals surface area contributed by atoms with E-state index in [1.165, 1.54) is 32.4 Å². The van der Waals surface area contributed by atoms with E-state index in [2.05, 4.69) is 0 Å². The van der Waals surface area contributed by atoms with E-state index in [9.17, 15) is 9.90 Å². The predicted molar refractivity (Wildman–Crippen MR) is 83.4 cm³/mol. The summed E-state index contributed by atoms with van der Waals surface area (Å²) in [6.07, 6.45) is 0. The van der Waals surface area contributed by atoms with E-state index in [4.69, 9.17) is 19.0 Å². The number of furan rings is 1. The van der Waals surface area contributed by atoms with E-state index >= 15 is 0 Å². The van der Waals surface area contributed by atoms with E-state index in [-0.39, 0.29) is 11.3 Å². The topological polar surface area (TPSA) is 89.1 Å². The van der Waals surface area contributed by atoms with Crippen molar-refractivity contribution in [3.63, 3.8) is 0 Å². The summed E-state index contributed by atoms with van der Waals surface area (Å²) in [6, 6.07) is 9.29. The molecule has 0 aliphatic rings. The van der Waals surface area contributed by atoms with Gasteiger partial charge in [0.05, 0.1) is 19.8 Å². The zero-order valence-corrected chi connectivity index (χ0v) is 12.5. The van der Waals surface area contributed by atoms with Gasteiger partial charge in [0.25, 0.3) is 0 Å². The normalized spacial score (nSPS) is 10.7. The van der Waals surface area contributed by atoms with Crippen LogP contribution in [0.1, 0.15) is 10.4 Å². The molecule has 1 aromatic heterocycles. The van der Waals surface area contributed by atoms with Crippen molar-refractivity contribution in [3.8, 4) is 28.6 Å². The molecule has 23 heavy (non-hydrogen) atoms. The highest BCUT2D eigenvalue weighted by atomic mass is 16.5. The quantitative estimate of drug-likeness (QED) is 0.766. The smallest absolute Gasteiger partial charge is 0.335 e. The van der Waals surface area contributed by atoms with Crippen LogP contribution in [0, 0.1) is 0 Å². The van der Waals surface area contributed by atoms with Gasteiger partial charge in [-0.2, -0.15) is 0 Å². The van der Waals surface area contributed by atoms with Gasteiger partial charge in [-0.15, -0.1) is 0 Å². The molecule has 3 aromatic rings. The van der Waals surface area contributed by atoms with Crippen LogP contribution in [-0.4, -0.2) is 30.4 Å². The van der Waals surface area contributed by atoms with Gasteiger partial charge in [0.2, 0.25) is 0 Å². The molecule has 0 spiro atoms. The minimum atomic E-state index is -1.01. The first-order chi connectivity index (χ1) is 11.0.